The quantitative estimate of drug-likeness (QED) is 0.772. The normalized spacial score (nSPS) is 16.2. The zero-order valence-electron chi connectivity index (χ0n) is 17.5. The molecular weight excluding hydrogens is 395 g/mol. The Balaban J connectivity index is 1.69. The van der Waals surface area contributed by atoms with Crippen molar-refractivity contribution in [3.63, 3.8) is 0 Å². The maximum absolute atomic E-state index is 12.8. The van der Waals surface area contributed by atoms with Crippen molar-refractivity contribution < 1.29 is 18.0 Å². The Morgan fingerprint density at radius 3 is 2.43 bits per heavy atom. The van der Waals surface area contributed by atoms with Crippen molar-refractivity contribution in [1.82, 2.24) is 25.0 Å². The van der Waals surface area contributed by atoms with E-state index in [1.807, 2.05) is 0 Å². The van der Waals surface area contributed by atoms with Crippen molar-refractivity contribution in [2.45, 2.75) is 58.9 Å². The Labute approximate surface area is 174 Å². The molecule has 9 heteroatoms. The van der Waals surface area contributed by atoms with Crippen LogP contribution in [0.2, 0.25) is 0 Å². The fourth-order valence-corrected chi connectivity index (χ4v) is 3.81. The van der Waals surface area contributed by atoms with Gasteiger partial charge in [-0.1, -0.05) is 26.0 Å². The molecule has 0 saturated carbocycles. The van der Waals surface area contributed by atoms with Crippen molar-refractivity contribution in [2.75, 3.05) is 13.1 Å². The summed E-state index contributed by atoms with van der Waals surface area (Å²) in [6.07, 6.45) is -2.85. The number of halogens is 3. The summed E-state index contributed by atoms with van der Waals surface area (Å²) >= 11 is 0. The molecule has 2 heterocycles. The van der Waals surface area contributed by atoms with Crippen molar-refractivity contribution in [1.29, 1.82) is 0 Å². The Morgan fingerprint density at radius 1 is 1.13 bits per heavy atom. The standard InChI is InChI=1S/C21H28F3N5O/c1-14(2)12-18(25-15(3)30)20-27-26-19-8-9-28(10-11-29(19)20)13-16-4-6-17(7-5-16)21(22,23)24/h4-7,14,18H,8-13H2,1-3H3,(H,25,30)/t18-/m0/s1. The number of aromatic nitrogens is 3. The molecule has 0 saturated heterocycles. The number of hydrogen-bond donors (Lipinski definition) is 1. The van der Waals surface area contributed by atoms with Crippen LogP contribution in [0, 0.1) is 5.92 Å². The van der Waals surface area contributed by atoms with Crippen LogP contribution in [0.15, 0.2) is 24.3 Å². The molecule has 3 rings (SSSR count). The average molecular weight is 423 g/mol. The Kier molecular flexibility index (Phi) is 6.80. The lowest BCUT2D eigenvalue weighted by Crippen LogP contribution is -2.31. The molecule has 1 aliphatic heterocycles. The molecule has 1 amide bonds. The summed E-state index contributed by atoms with van der Waals surface area (Å²) in [6.45, 7) is 8.42. The van der Waals surface area contributed by atoms with Crippen LogP contribution in [0.3, 0.4) is 0 Å². The van der Waals surface area contributed by atoms with Crippen LogP contribution in [-0.2, 0) is 30.5 Å². The van der Waals surface area contributed by atoms with Gasteiger partial charge in [0, 0.05) is 39.5 Å². The molecule has 0 aliphatic carbocycles. The monoisotopic (exact) mass is 423 g/mol. The second-order valence-electron chi connectivity index (χ2n) is 8.23. The molecule has 164 valence electrons. The van der Waals surface area contributed by atoms with Crippen LogP contribution in [0.4, 0.5) is 13.2 Å². The third kappa shape index (κ3) is 5.59. The van der Waals surface area contributed by atoms with Gasteiger partial charge in [-0.2, -0.15) is 13.2 Å². The average Bonchev–Trinajstić information content (AvgIpc) is 2.95. The number of rotatable bonds is 6. The van der Waals surface area contributed by atoms with Gasteiger partial charge in [0.15, 0.2) is 5.82 Å². The second-order valence-corrected chi connectivity index (χ2v) is 8.23. The third-order valence-corrected chi connectivity index (χ3v) is 5.23. The first-order valence-electron chi connectivity index (χ1n) is 10.2. The molecule has 0 bridgehead atoms. The highest BCUT2D eigenvalue weighted by atomic mass is 19.4. The molecule has 0 fully saturated rings. The summed E-state index contributed by atoms with van der Waals surface area (Å²) in [6, 6.07) is 5.14. The van der Waals surface area contributed by atoms with E-state index in [9.17, 15) is 18.0 Å². The molecule has 0 spiro atoms. The molecular formula is C21H28F3N5O. The number of carbonyl (C=O) groups is 1. The minimum absolute atomic E-state index is 0.101. The fraction of sp³-hybridized carbons (Fsp3) is 0.571. The molecule has 1 aromatic carbocycles. The van der Waals surface area contributed by atoms with Crippen molar-refractivity contribution >= 4 is 5.91 Å². The zero-order valence-corrected chi connectivity index (χ0v) is 17.5. The number of nitrogens with zero attached hydrogens (tertiary/aromatic N) is 4. The molecule has 2 aromatic rings. The lowest BCUT2D eigenvalue weighted by Gasteiger charge is -2.22. The first kappa shape index (κ1) is 22.3. The van der Waals surface area contributed by atoms with Gasteiger partial charge in [0.25, 0.3) is 0 Å². The van der Waals surface area contributed by atoms with E-state index in [0.717, 1.165) is 48.9 Å². The Morgan fingerprint density at radius 2 is 1.83 bits per heavy atom. The second kappa shape index (κ2) is 9.16. The number of fused-ring (bicyclic) bond motifs is 1. The molecule has 1 atom stereocenters. The highest BCUT2D eigenvalue weighted by Crippen LogP contribution is 2.29. The van der Waals surface area contributed by atoms with Crippen molar-refractivity contribution in [2.24, 2.45) is 5.92 Å². The van der Waals surface area contributed by atoms with E-state index in [1.165, 1.54) is 19.1 Å². The van der Waals surface area contributed by atoms with Crippen LogP contribution < -0.4 is 5.32 Å². The van der Waals surface area contributed by atoms with Crippen LogP contribution in [0.25, 0.3) is 0 Å². The first-order valence-corrected chi connectivity index (χ1v) is 10.2. The summed E-state index contributed by atoms with van der Waals surface area (Å²) in [5.74, 6) is 1.93. The minimum Gasteiger partial charge on any atom is -0.346 e. The number of alkyl halides is 3. The molecule has 0 unspecified atom stereocenters. The number of nitrogens with one attached hydrogen (secondary N) is 1. The van der Waals surface area contributed by atoms with Crippen LogP contribution in [0.1, 0.15) is 56.0 Å². The Hall–Kier alpha value is -2.42. The topological polar surface area (TPSA) is 63.1 Å². The molecule has 1 aliphatic rings. The zero-order chi connectivity index (χ0) is 21.9. The van der Waals surface area contributed by atoms with Crippen molar-refractivity contribution in [3.05, 3.63) is 47.0 Å². The predicted octanol–water partition coefficient (Wildman–Crippen LogP) is 3.58. The number of benzene rings is 1. The van der Waals surface area contributed by atoms with Gasteiger partial charge < -0.3 is 9.88 Å². The summed E-state index contributed by atoms with van der Waals surface area (Å²) in [5, 5.41) is 11.7. The van der Waals surface area contributed by atoms with E-state index in [0.29, 0.717) is 25.4 Å². The molecule has 1 N–H and O–H groups in total. The smallest absolute Gasteiger partial charge is 0.346 e. The molecule has 1 aromatic heterocycles. The number of carbonyl (C=O) groups excluding carboxylic acids is 1. The number of amides is 1. The molecule has 30 heavy (non-hydrogen) atoms. The Bertz CT molecular complexity index is 861. The minimum atomic E-state index is -4.32. The van der Waals surface area contributed by atoms with Gasteiger partial charge in [-0.3, -0.25) is 9.69 Å². The molecule has 6 nitrogen and oxygen atoms in total. The van der Waals surface area contributed by atoms with E-state index >= 15 is 0 Å². The van der Waals surface area contributed by atoms with Gasteiger partial charge in [-0.05, 0) is 30.0 Å². The van der Waals surface area contributed by atoms with Crippen LogP contribution in [0.5, 0.6) is 0 Å². The SMILES string of the molecule is CC(=O)N[C@@H](CC(C)C)c1nnc2n1CCN(Cc1ccc(C(F)(F)F)cc1)CC2. The van der Waals surface area contributed by atoms with Gasteiger partial charge in [-0.15, -0.1) is 10.2 Å². The van der Waals surface area contributed by atoms with E-state index in [2.05, 4.69) is 38.8 Å². The van der Waals surface area contributed by atoms with Gasteiger partial charge >= 0.3 is 6.18 Å². The summed E-state index contributed by atoms with van der Waals surface area (Å²) < 4.78 is 40.3. The van der Waals surface area contributed by atoms with E-state index in [4.69, 9.17) is 0 Å². The largest absolute Gasteiger partial charge is 0.416 e. The van der Waals surface area contributed by atoms with Gasteiger partial charge in [0.2, 0.25) is 5.91 Å². The lowest BCUT2D eigenvalue weighted by molar-refractivity contribution is -0.137. The highest BCUT2D eigenvalue weighted by Gasteiger charge is 2.30. The van der Waals surface area contributed by atoms with Crippen LogP contribution in [-0.4, -0.2) is 38.7 Å². The highest BCUT2D eigenvalue weighted by molar-refractivity contribution is 5.73. The molecule has 0 radical (unpaired) electrons. The van der Waals surface area contributed by atoms with E-state index < -0.39 is 11.7 Å². The van der Waals surface area contributed by atoms with Crippen LogP contribution >= 0.6 is 0 Å². The van der Waals surface area contributed by atoms with Gasteiger partial charge in [-0.25, -0.2) is 0 Å². The van der Waals surface area contributed by atoms with Crippen molar-refractivity contribution in [3.8, 4) is 0 Å². The maximum atomic E-state index is 12.8. The summed E-state index contributed by atoms with van der Waals surface area (Å²) in [5.41, 5.74) is 0.212. The fourth-order valence-electron chi connectivity index (χ4n) is 3.81. The maximum Gasteiger partial charge on any atom is 0.416 e. The van der Waals surface area contributed by atoms with E-state index in [-0.39, 0.29) is 11.9 Å². The number of hydrogen-bond acceptors (Lipinski definition) is 4. The van der Waals surface area contributed by atoms with Gasteiger partial charge in [0.1, 0.15) is 5.82 Å². The van der Waals surface area contributed by atoms with Gasteiger partial charge in [0.05, 0.1) is 11.6 Å². The first-order chi connectivity index (χ1) is 14.1. The van der Waals surface area contributed by atoms with E-state index in [1.54, 1.807) is 0 Å². The summed E-state index contributed by atoms with van der Waals surface area (Å²) in [4.78, 5) is 13.9. The predicted molar refractivity (Wildman–Crippen MR) is 106 cm³/mol. The summed E-state index contributed by atoms with van der Waals surface area (Å²) in [7, 11) is 0. The lowest BCUT2D eigenvalue weighted by atomic mass is 10.0. The third-order valence-electron chi connectivity index (χ3n) is 5.23.